The first-order valence-corrected chi connectivity index (χ1v) is 9.27. The second-order valence-electron chi connectivity index (χ2n) is 6.59. The average molecular weight is 386 g/mol. The molecule has 3 N–H and O–H groups in total. The molecule has 0 aliphatic heterocycles. The van der Waals surface area contributed by atoms with E-state index in [0.29, 0.717) is 6.42 Å². The number of thiol groups is 1. The zero-order valence-electron chi connectivity index (χ0n) is 15.0. The fraction of sp³-hybridized carbons (Fsp3) is 0.0435. The SMILES string of the molecule is Nc1ccccc1S.O=C1C=c2cc3ccc4ccc(O)nc4c3cc2=CC1. The number of nitrogens with zero attached hydrogens (tertiary/aromatic N) is 1. The van der Waals surface area contributed by atoms with E-state index >= 15 is 0 Å². The Morgan fingerprint density at radius 3 is 2.46 bits per heavy atom. The van der Waals surface area contributed by atoms with Crippen molar-refractivity contribution in [1.29, 1.82) is 0 Å². The summed E-state index contributed by atoms with van der Waals surface area (Å²) in [6.45, 7) is 0. The van der Waals surface area contributed by atoms with E-state index in [0.717, 1.165) is 42.7 Å². The van der Waals surface area contributed by atoms with Crippen molar-refractivity contribution in [3.8, 4) is 5.88 Å². The van der Waals surface area contributed by atoms with Crippen molar-refractivity contribution < 1.29 is 9.90 Å². The fourth-order valence-electron chi connectivity index (χ4n) is 3.22. The normalized spacial score (nSPS) is 12.5. The molecular formula is C23H18N2O2S. The highest BCUT2D eigenvalue weighted by atomic mass is 32.1. The van der Waals surface area contributed by atoms with Gasteiger partial charge in [-0.2, -0.15) is 0 Å². The first-order chi connectivity index (χ1) is 13.5. The average Bonchev–Trinajstić information content (AvgIpc) is 2.69. The van der Waals surface area contributed by atoms with Crippen molar-refractivity contribution in [3.63, 3.8) is 0 Å². The third-order valence-corrected chi connectivity index (χ3v) is 5.05. The second-order valence-corrected chi connectivity index (χ2v) is 7.07. The second kappa shape index (κ2) is 7.37. The van der Waals surface area contributed by atoms with Gasteiger partial charge in [-0.3, -0.25) is 4.79 Å². The van der Waals surface area contributed by atoms with Crippen LogP contribution in [0.5, 0.6) is 5.88 Å². The van der Waals surface area contributed by atoms with Gasteiger partial charge in [0.25, 0.3) is 0 Å². The number of hydrogen-bond donors (Lipinski definition) is 3. The van der Waals surface area contributed by atoms with Crippen molar-refractivity contribution in [2.45, 2.75) is 11.3 Å². The Morgan fingerprint density at radius 1 is 0.964 bits per heavy atom. The quantitative estimate of drug-likeness (QED) is 0.246. The largest absolute Gasteiger partial charge is 0.493 e. The number of aromatic nitrogens is 1. The molecule has 138 valence electrons. The van der Waals surface area contributed by atoms with Gasteiger partial charge >= 0.3 is 0 Å². The smallest absolute Gasteiger partial charge is 0.211 e. The summed E-state index contributed by atoms with van der Waals surface area (Å²) in [6, 6.07) is 19.0. The Balaban J connectivity index is 0.000000203. The zero-order valence-corrected chi connectivity index (χ0v) is 15.9. The summed E-state index contributed by atoms with van der Waals surface area (Å²) in [5.41, 5.74) is 6.96. The van der Waals surface area contributed by atoms with E-state index in [4.69, 9.17) is 5.73 Å². The summed E-state index contributed by atoms with van der Waals surface area (Å²) >= 11 is 4.07. The molecule has 28 heavy (non-hydrogen) atoms. The molecule has 0 fully saturated rings. The van der Waals surface area contributed by atoms with Crippen LogP contribution in [-0.2, 0) is 4.79 Å². The van der Waals surface area contributed by atoms with Crippen LogP contribution in [0, 0.1) is 0 Å². The van der Waals surface area contributed by atoms with Crippen LogP contribution in [0.3, 0.4) is 0 Å². The number of carbonyl (C=O) groups is 1. The van der Waals surface area contributed by atoms with Crippen molar-refractivity contribution in [2.75, 3.05) is 5.73 Å². The monoisotopic (exact) mass is 386 g/mol. The minimum atomic E-state index is 0.0217. The van der Waals surface area contributed by atoms with Gasteiger partial charge in [0.1, 0.15) is 0 Å². The molecule has 3 aromatic carbocycles. The standard InChI is InChI=1S/C17H11NO2.C6H7NS/c19-14-5-3-11-9-15-12(7-13(11)8-14)2-1-10-4-6-16(20)18-17(10)15;7-5-3-1-2-4-6(5)8/h1-4,6-9H,5H2,(H,18,20);1-4,8H,7H2. The lowest BCUT2D eigenvalue weighted by atomic mass is 10.00. The number of carbonyl (C=O) groups excluding carboxylic acids is 1. The lowest BCUT2D eigenvalue weighted by Crippen LogP contribution is -2.28. The topological polar surface area (TPSA) is 76.2 Å². The highest BCUT2D eigenvalue weighted by molar-refractivity contribution is 7.80. The minimum Gasteiger partial charge on any atom is -0.493 e. The Hall–Kier alpha value is -3.31. The number of fused-ring (bicyclic) bond motifs is 4. The van der Waals surface area contributed by atoms with Gasteiger partial charge in [0.05, 0.1) is 5.52 Å². The van der Waals surface area contributed by atoms with E-state index in [1.807, 2.05) is 60.7 Å². The molecule has 0 bridgehead atoms. The molecule has 1 aliphatic carbocycles. The summed E-state index contributed by atoms with van der Waals surface area (Å²) in [4.78, 5) is 16.6. The van der Waals surface area contributed by atoms with Crippen molar-refractivity contribution in [1.82, 2.24) is 4.98 Å². The molecule has 1 heterocycles. The van der Waals surface area contributed by atoms with Gasteiger partial charge < -0.3 is 10.8 Å². The van der Waals surface area contributed by atoms with E-state index in [9.17, 15) is 9.90 Å². The number of pyridine rings is 1. The first kappa shape index (κ1) is 18.1. The Labute approximate surface area is 167 Å². The number of benzene rings is 3. The molecule has 4 nitrogen and oxygen atoms in total. The molecule has 5 rings (SSSR count). The number of Topliss-reactive ketones (excluding diaryl/α,β-unsaturated/α-hetero) is 1. The number of aromatic hydroxyl groups is 1. The molecule has 0 atom stereocenters. The van der Waals surface area contributed by atoms with E-state index in [2.05, 4.69) is 17.6 Å². The van der Waals surface area contributed by atoms with Crippen LogP contribution in [0.2, 0.25) is 0 Å². The van der Waals surface area contributed by atoms with Crippen molar-refractivity contribution in [3.05, 3.63) is 71.1 Å². The summed E-state index contributed by atoms with van der Waals surface area (Å²) in [6.07, 6.45) is 4.08. The molecule has 0 spiro atoms. The van der Waals surface area contributed by atoms with E-state index < -0.39 is 0 Å². The Bertz CT molecular complexity index is 1330. The lowest BCUT2D eigenvalue weighted by Gasteiger charge is -2.06. The molecule has 5 heteroatoms. The number of nitrogen functional groups attached to an aromatic ring is 1. The third-order valence-electron chi connectivity index (χ3n) is 4.64. The van der Waals surface area contributed by atoms with Gasteiger partial charge in [0, 0.05) is 33.8 Å². The van der Waals surface area contributed by atoms with Crippen LogP contribution < -0.4 is 16.2 Å². The van der Waals surface area contributed by atoms with Crippen LogP contribution in [0.25, 0.3) is 33.8 Å². The Kier molecular flexibility index (Phi) is 4.75. The summed E-state index contributed by atoms with van der Waals surface area (Å²) in [7, 11) is 0. The number of para-hydroxylation sites is 1. The number of nitrogens with two attached hydrogens (primary N) is 1. The molecular weight excluding hydrogens is 368 g/mol. The van der Waals surface area contributed by atoms with Crippen molar-refractivity contribution >= 4 is 57.9 Å². The number of ketones is 1. The number of anilines is 1. The predicted octanol–water partition coefficient (Wildman–Crippen LogP) is 3.18. The maximum absolute atomic E-state index is 11.5. The molecule has 0 unspecified atom stereocenters. The van der Waals surface area contributed by atoms with Crippen molar-refractivity contribution in [2.24, 2.45) is 0 Å². The molecule has 0 saturated heterocycles. The first-order valence-electron chi connectivity index (χ1n) is 8.82. The highest BCUT2D eigenvalue weighted by Gasteiger charge is 2.06. The van der Waals surface area contributed by atoms with Gasteiger partial charge in [-0.05, 0) is 52.2 Å². The van der Waals surface area contributed by atoms with Gasteiger partial charge in [0.2, 0.25) is 5.88 Å². The molecule has 0 amide bonds. The Morgan fingerprint density at radius 2 is 1.71 bits per heavy atom. The van der Waals surface area contributed by atoms with E-state index in [1.54, 1.807) is 12.1 Å². The molecule has 4 aromatic rings. The minimum absolute atomic E-state index is 0.0217. The van der Waals surface area contributed by atoms with Crippen LogP contribution in [-0.4, -0.2) is 15.9 Å². The van der Waals surface area contributed by atoms with Gasteiger partial charge in [-0.1, -0.05) is 30.3 Å². The summed E-state index contributed by atoms with van der Waals surface area (Å²) < 4.78 is 0. The van der Waals surface area contributed by atoms with Gasteiger partial charge in [-0.25, -0.2) is 4.98 Å². The van der Waals surface area contributed by atoms with Crippen LogP contribution >= 0.6 is 12.6 Å². The predicted molar refractivity (Wildman–Crippen MR) is 117 cm³/mol. The van der Waals surface area contributed by atoms with Gasteiger partial charge in [-0.15, -0.1) is 12.6 Å². The number of hydrogen-bond acceptors (Lipinski definition) is 5. The van der Waals surface area contributed by atoms with Crippen LogP contribution in [0.4, 0.5) is 5.69 Å². The summed E-state index contributed by atoms with van der Waals surface area (Å²) in [5.74, 6) is 0.154. The molecule has 1 aromatic heterocycles. The van der Waals surface area contributed by atoms with Crippen LogP contribution in [0.15, 0.2) is 65.6 Å². The fourth-order valence-corrected chi connectivity index (χ4v) is 3.38. The van der Waals surface area contributed by atoms with E-state index in [-0.39, 0.29) is 11.7 Å². The van der Waals surface area contributed by atoms with E-state index in [1.165, 1.54) is 0 Å². The van der Waals surface area contributed by atoms with Gasteiger partial charge in [0.15, 0.2) is 5.78 Å². The maximum Gasteiger partial charge on any atom is 0.211 e. The number of rotatable bonds is 0. The summed E-state index contributed by atoms with van der Waals surface area (Å²) in [5, 5.41) is 14.6. The third kappa shape index (κ3) is 3.57. The maximum atomic E-state index is 11.5. The molecule has 0 saturated carbocycles. The lowest BCUT2D eigenvalue weighted by molar-refractivity contribution is -0.112. The van der Waals surface area contributed by atoms with Crippen LogP contribution in [0.1, 0.15) is 6.42 Å². The molecule has 1 aliphatic rings. The highest BCUT2D eigenvalue weighted by Crippen LogP contribution is 2.23. The molecule has 0 radical (unpaired) electrons. The zero-order chi connectivity index (χ0) is 19.7.